The molecule has 1 aliphatic heterocycles. The third kappa shape index (κ3) is 3.35. The Hall–Kier alpha value is -2.04. The van der Waals surface area contributed by atoms with Gasteiger partial charge in [-0.1, -0.05) is 13.8 Å². The van der Waals surface area contributed by atoms with Crippen LogP contribution in [-0.2, 0) is 0 Å². The highest BCUT2D eigenvalue weighted by Gasteiger charge is 2.36. The SMILES string of the molecule is CCC1(CC)CCN(C(=O)Nc2ccc(C(=O)O)cc2)C1. The van der Waals surface area contributed by atoms with Crippen molar-refractivity contribution in [1.82, 2.24) is 4.90 Å². The second-order valence-electron chi connectivity index (χ2n) is 5.69. The number of aromatic carboxylic acids is 1. The fourth-order valence-corrected chi connectivity index (χ4v) is 2.83. The molecule has 2 amide bonds. The van der Waals surface area contributed by atoms with Crippen LogP contribution in [0.5, 0.6) is 0 Å². The molecule has 0 atom stereocenters. The molecule has 2 rings (SSSR count). The van der Waals surface area contributed by atoms with Gasteiger partial charge in [0.05, 0.1) is 5.56 Å². The summed E-state index contributed by atoms with van der Waals surface area (Å²) in [5.74, 6) is -0.969. The molecule has 1 heterocycles. The lowest BCUT2D eigenvalue weighted by Gasteiger charge is -2.26. The molecule has 0 saturated carbocycles. The molecule has 1 aromatic rings. The van der Waals surface area contributed by atoms with Gasteiger partial charge in [0.15, 0.2) is 0 Å². The number of hydrogen-bond donors (Lipinski definition) is 2. The van der Waals surface area contributed by atoms with Gasteiger partial charge in [0, 0.05) is 18.8 Å². The maximum atomic E-state index is 12.3. The van der Waals surface area contributed by atoms with Crippen molar-refractivity contribution in [3.05, 3.63) is 29.8 Å². The topological polar surface area (TPSA) is 69.6 Å². The molecule has 1 saturated heterocycles. The minimum Gasteiger partial charge on any atom is -0.478 e. The highest BCUT2D eigenvalue weighted by atomic mass is 16.4. The summed E-state index contributed by atoms with van der Waals surface area (Å²) in [4.78, 5) is 24.9. The molecule has 1 aromatic carbocycles. The number of likely N-dealkylation sites (tertiary alicyclic amines) is 1. The van der Waals surface area contributed by atoms with Crippen molar-refractivity contribution in [2.75, 3.05) is 18.4 Å². The van der Waals surface area contributed by atoms with E-state index in [9.17, 15) is 9.59 Å². The molecule has 0 unspecified atom stereocenters. The monoisotopic (exact) mass is 290 g/mol. The minimum absolute atomic E-state index is 0.109. The van der Waals surface area contributed by atoms with Gasteiger partial charge in [0.2, 0.25) is 0 Å². The lowest BCUT2D eigenvalue weighted by molar-refractivity contribution is 0.0697. The summed E-state index contributed by atoms with van der Waals surface area (Å²) in [5.41, 5.74) is 1.09. The fraction of sp³-hybridized carbons (Fsp3) is 0.500. The summed E-state index contributed by atoms with van der Waals surface area (Å²) in [5, 5.41) is 11.7. The number of hydrogen-bond acceptors (Lipinski definition) is 2. The number of urea groups is 1. The van der Waals surface area contributed by atoms with Crippen molar-refractivity contribution in [2.45, 2.75) is 33.1 Å². The Morgan fingerprint density at radius 3 is 2.33 bits per heavy atom. The van der Waals surface area contributed by atoms with Crippen LogP contribution < -0.4 is 5.32 Å². The van der Waals surface area contributed by atoms with Crippen LogP contribution in [0.25, 0.3) is 0 Å². The zero-order chi connectivity index (χ0) is 15.5. The molecule has 0 aromatic heterocycles. The van der Waals surface area contributed by atoms with Gasteiger partial charge in [-0.3, -0.25) is 0 Å². The standard InChI is InChI=1S/C16H22N2O3/c1-3-16(4-2)9-10-18(11-16)15(21)17-13-7-5-12(6-8-13)14(19)20/h5-8H,3-4,9-11H2,1-2H3,(H,17,21)(H,19,20). The third-order valence-electron chi connectivity index (χ3n) is 4.61. The first kappa shape index (κ1) is 15.4. The predicted octanol–water partition coefficient (Wildman–Crippen LogP) is 3.43. The Morgan fingerprint density at radius 1 is 1.24 bits per heavy atom. The summed E-state index contributed by atoms with van der Waals surface area (Å²) >= 11 is 0. The van der Waals surface area contributed by atoms with E-state index in [0.717, 1.165) is 32.4 Å². The Kier molecular flexibility index (Phi) is 4.50. The van der Waals surface area contributed by atoms with Gasteiger partial charge in [0.25, 0.3) is 0 Å². The van der Waals surface area contributed by atoms with E-state index in [1.807, 2.05) is 4.90 Å². The Labute approximate surface area is 125 Å². The van der Waals surface area contributed by atoms with Crippen LogP contribution in [0.3, 0.4) is 0 Å². The van der Waals surface area contributed by atoms with Crippen LogP contribution in [0, 0.1) is 5.41 Å². The molecule has 0 aliphatic carbocycles. The fourth-order valence-electron chi connectivity index (χ4n) is 2.83. The molecule has 0 spiro atoms. The van der Waals surface area contributed by atoms with Crippen LogP contribution in [-0.4, -0.2) is 35.1 Å². The molecule has 0 bridgehead atoms. The molecule has 5 heteroatoms. The number of carbonyl (C=O) groups excluding carboxylic acids is 1. The lowest BCUT2D eigenvalue weighted by Crippen LogP contribution is -2.35. The van der Waals surface area contributed by atoms with E-state index in [1.54, 1.807) is 12.1 Å². The normalized spacial score (nSPS) is 16.8. The van der Waals surface area contributed by atoms with Crippen molar-refractivity contribution >= 4 is 17.7 Å². The van der Waals surface area contributed by atoms with Crippen LogP contribution in [0.1, 0.15) is 43.5 Å². The van der Waals surface area contributed by atoms with Crippen molar-refractivity contribution in [3.8, 4) is 0 Å². The van der Waals surface area contributed by atoms with E-state index in [2.05, 4.69) is 19.2 Å². The first-order valence-corrected chi connectivity index (χ1v) is 7.39. The van der Waals surface area contributed by atoms with E-state index in [-0.39, 0.29) is 17.0 Å². The van der Waals surface area contributed by atoms with Gasteiger partial charge >= 0.3 is 12.0 Å². The van der Waals surface area contributed by atoms with E-state index >= 15 is 0 Å². The second-order valence-corrected chi connectivity index (χ2v) is 5.69. The van der Waals surface area contributed by atoms with Crippen LogP contribution in [0.15, 0.2) is 24.3 Å². The number of carboxylic acids is 1. The third-order valence-corrected chi connectivity index (χ3v) is 4.61. The quantitative estimate of drug-likeness (QED) is 0.892. The summed E-state index contributed by atoms with van der Waals surface area (Å²) in [6.45, 7) is 5.92. The van der Waals surface area contributed by atoms with Crippen LogP contribution >= 0.6 is 0 Å². The Balaban J connectivity index is 1.97. The molecule has 5 nitrogen and oxygen atoms in total. The van der Waals surface area contributed by atoms with E-state index < -0.39 is 5.97 Å². The molecule has 1 aliphatic rings. The molecular formula is C16H22N2O3. The molecule has 0 radical (unpaired) electrons. The summed E-state index contributed by atoms with van der Waals surface area (Å²) < 4.78 is 0. The van der Waals surface area contributed by atoms with Gasteiger partial charge in [-0.05, 0) is 48.9 Å². The smallest absolute Gasteiger partial charge is 0.335 e. The van der Waals surface area contributed by atoms with Gasteiger partial charge in [-0.15, -0.1) is 0 Å². The number of rotatable bonds is 4. The van der Waals surface area contributed by atoms with Crippen molar-refractivity contribution in [1.29, 1.82) is 0 Å². The predicted molar refractivity (Wildman–Crippen MR) is 81.6 cm³/mol. The average molecular weight is 290 g/mol. The number of nitrogens with one attached hydrogen (secondary N) is 1. The number of carboxylic acid groups (broad SMARTS) is 1. The summed E-state index contributed by atoms with van der Waals surface area (Å²) in [6.07, 6.45) is 3.21. The minimum atomic E-state index is -0.969. The molecule has 21 heavy (non-hydrogen) atoms. The Bertz CT molecular complexity index is 521. The largest absolute Gasteiger partial charge is 0.478 e. The zero-order valence-corrected chi connectivity index (χ0v) is 12.6. The molecule has 2 N–H and O–H groups in total. The van der Waals surface area contributed by atoms with Gasteiger partial charge in [-0.25, -0.2) is 9.59 Å². The maximum absolute atomic E-state index is 12.3. The van der Waals surface area contributed by atoms with E-state index in [1.165, 1.54) is 12.1 Å². The first-order chi connectivity index (χ1) is 9.99. The molecule has 1 fully saturated rings. The van der Waals surface area contributed by atoms with Crippen LogP contribution in [0.2, 0.25) is 0 Å². The molecular weight excluding hydrogens is 268 g/mol. The Morgan fingerprint density at radius 2 is 1.86 bits per heavy atom. The summed E-state index contributed by atoms with van der Waals surface area (Å²) in [6, 6.07) is 6.10. The number of carbonyl (C=O) groups is 2. The van der Waals surface area contributed by atoms with Gasteiger partial charge in [-0.2, -0.15) is 0 Å². The number of anilines is 1. The zero-order valence-electron chi connectivity index (χ0n) is 12.6. The van der Waals surface area contributed by atoms with Crippen molar-refractivity contribution < 1.29 is 14.7 Å². The van der Waals surface area contributed by atoms with Gasteiger partial charge in [0.1, 0.15) is 0 Å². The van der Waals surface area contributed by atoms with Crippen molar-refractivity contribution in [3.63, 3.8) is 0 Å². The number of benzene rings is 1. The summed E-state index contributed by atoms with van der Waals surface area (Å²) in [7, 11) is 0. The second kappa shape index (κ2) is 6.16. The average Bonchev–Trinajstić information content (AvgIpc) is 2.93. The van der Waals surface area contributed by atoms with Crippen LogP contribution in [0.4, 0.5) is 10.5 Å². The number of amides is 2. The van der Waals surface area contributed by atoms with Gasteiger partial charge < -0.3 is 15.3 Å². The number of nitrogens with zero attached hydrogens (tertiary/aromatic N) is 1. The maximum Gasteiger partial charge on any atom is 0.335 e. The highest BCUT2D eigenvalue weighted by molar-refractivity contribution is 5.91. The molecule has 114 valence electrons. The van der Waals surface area contributed by atoms with E-state index in [0.29, 0.717) is 5.69 Å². The van der Waals surface area contributed by atoms with Crippen molar-refractivity contribution in [2.24, 2.45) is 5.41 Å². The highest BCUT2D eigenvalue weighted by Crippen LogP contribution is 2.37. The van der Waals surface area contributed by atoms with E-state index in [4.69, 9.17) is 5.11 Å². The first-order valence-electron chi connectivity index (χ1n) is 7.39. The lowest BCUT2D eigenvalue weighted by atomic mass is 9.82.